The fourth-order valence-corrected chi connectivity index (χ4v) is 2.99. The summed E-state index contributed by atoms with van der Waals surface area (Å²) in [6, 6.07) is 26.0. The van der Waals surface area contributed by atoms with Crippen molar-refractivity contribution in [2.45, 2.75) is 0 Å². The van der Waals surface area contributed by atoms with Crippen molar-refractivity contribution in [3.05, 3.63) is 84.4 Å². The maximum absolute atomic E-state index is 5.86. The molecule has 136 valence electrons. The first kappa shape index (κ1) is 17.3. The van der Waals surface area contributed by atoms with Crippen LogP contribution in [0.3, 0.4) is 0 Å². The second-order valence-corrected chi connectivity index (χ2v) is 6.36. The first-order valence-electron chi connectivity index (χ1n) is 9.17. The summed E-state index contributed by atoms with van der Waals surface area (Å²) < 4.78 is 11.3. The van der Waals surface area contributed by atoms with Crippen LogP contribution < -0.4 is 9.64 Å². The predicted molar refractivity (Wildman–Crippen MR) is 110 cm³/mol. The molecular weight excluding hydrogens is 336 g/mol. The highest BCUT2D eigenvalue weighted by Crippen LogP contribution is 2.25. The molecule has 4 nitrogen and oxygen atoms in total. The lowest BCUT2D eigenvalue weighted by Gasteiger charge is -2.28. The molecule has 0 radical (unpaired) electrons. The Morgan fingerprint density at radius 1 is 0.815 bits per heavy atom. The summed E-state index contributed by atoms with van der Waals surface area (Å²) in [6.07, 6.45) is 1.88. The molecule has 1 heterocycles. The molecule has 0 aliphatic carbocycles. The highest BCUT2D eigenvalue weighted by atomic mass is 16.5. The van der Waals surface area contributed by atoms with Crippen LogP contribution in [0.2, 0.25) is 0 Å². The third-order valence-corrected chi connectivity index (χ3v) is 4.43. The minimum absolute atomic E-state index is 0.776. The van der Waals surface area contributed by atoms with Gasteiger partial charge in [0.1, 0.15) is 11.5 Å². The van der Waals surface area contributed by atoms with Gasteiger partial charge in [0.15, 0.2) is 0 Å². The Hall–Kier alpha value is -3.11. The Labute approximate surface area is 159 Å². The zero-order chi connectivity index (χ0) is 18.3. The molecule has 1 aliphatic rings. The lowest BCUT2D eigenvalue weighted by molar-refractivity contribution is 0.122. The molecule has 0 unspecified atom stereocenters. The van der Waals surface area contributed by atoms with E-state index in [1.165, 1.54) is 5.69 Å². The molecular formula is C23H22N2O2. The fraction of sp³-hybridized carbons (Fsp3) is 0.174. The van der Waals surface area contributed by atoms with E-state index in [4.69, 9.17) is 9.47 Å². The van der Waals surface area contributed by atoms with Crippen LogP contribution in [-0.4, -0.2) is 32.5 Å². The summed E-state index contributed by atoms with van der Waals surface area (Å²) in [5.41, 5.74) is 3.16. The van der Waals surface area contributed by atoms with E-state index in [2.05, 4.69) is 34.2 Å². The number of benzene rings is 3. The van der Waals surface area contributed by atoms with Crippen molar-refractivity contribution in [2.75, 3.05) is 31.2 Å². The molecule has 0 N–H and O–H groups in total. The maximum atomic E-state index is 5.86. The van der Waals surface area contributed by atoms with E-state index in [9.17, 15) is 0 Å². The minimum Gasteiger partial charge on any atom is -0.457 e. The molecule has 4 heteroatoms. The van der Waals surface area contributed by atoms with E-state index in [1.807, 2.05) is 60.8 Å². The van der Waals surface area contributed by atoms with Crippen molar-refractivity contribution in [1.29, 1.82) is 0 Å². The Morgan fingerprint density at radius 3 is 2.33 bits per heavy atom. The van der Waals surface area contributed by atoms with Gasteiger partial charge in [-0.15, -0.1) is 0 Å². The van der Waals surface area contributed by atoms with Gasteiger partial charge in [-0.25, -0.2) is 0 Å². The number of rotatable bonds is 5. The monoisotopic (exact) mass is 358 g/mol. The first-order valence-corrected chi connectivity index (χ1v) is 9.17. The number of hydrogen-bond donors (Lipinski definition) is 0. The molecule has 3 aromatic rings. The van der Waals surface area contributed by atoms with Crippen LogP contribution in [0.4, 0.5) is 11.4 Å². The van der Waals surface area contributed by atoms with E-state index < -0.39 is 0 Å². The average molecular weight is 358 g/mol. The van der Waals surface area contributed by atoms with E-state index in [-0.39, 0.29) is 0 Å². The van der Waals surface area contributed by atoms with Crippen LogP contribution in [0.25, 0.3) is 0 Å². The standard InChI is InChI=1S/C23H22N2O2/c1-2-6-22(7-3-1)27-23-8-4-5-20(17-23)24-18-19-9-11-21(12-10-19)25-13-15-26-16-14-25/h1-12,17-18H,13-16H2. The molecule has 3 aromatic carbocycles. The molecule has 0 aromatic heterocycles. The first-order chi connectivity index (χ1) is 13.4. The molecule has 1 aliphatic heterocycles. The van der Waals surface area contributed by atoms with Crippen molar-refractivity contribution in [3.8, 4) is 11.5 Å². The SMILES string of the molecule is C(=Nc1cccc(Oc2ccccc2)c1)c1ccc(N2CCOCC2)cc1. The van der Waals surface area contributed by atoms with Gasteiger partial charge >= 0.3 is 0 Å². The molecule has 27 heavy (non-hydrogen) atoms. The smallest absolute Gasteiger partial charge is 0.129 e. The number of ether oxygens (including phenoxy) is 2. The predicted octanol–water partition coefficient (Wildman–Crippen LogP) is 5.07. The number of para-hydroxylation sites is 1. The Morgan fingerprint density at radius 2 is 1.56 bits per heavy atom. The summed E-state index contributed by atoms with van der Waals surface area (Å²) >= 11 is 0. The summed E-state index contributed by atoms with van der Waals surface area (Å²) in [6.45, 7) is 3.48. The van der Waals surface area contributed by atoms with E-state index in [0.29, 0.717) is 0 Å². The second kappa shape index (κ2) is 8.52. The third kappa shape index (κ3) is 4.74. The fourth-order valence-electron chi connectivity index (χ4n) is 2.99. The molecule has 1 saturated heterocycles. The van der Waals surface area contributed by atoms with Gasteiger partial charge in [0.2, 0.25) is 0 Å². The largest absolute Gasteiger partial charge is 0.457 e. The number of anilines is 1. The van der Waals surface area contributed by atoms with Crippen LogP contribution in [-0.2, 0) is 4.74 Å². The Bertz CT molecular complexity index is 886. The molecule has 0 spiro atoms. The van der Waals surface area contributed by atoms with Crippen LogP contribution in [0, 0.1) is 0 Å². The van der Waals surface area contributed by atoms with Gasteiger partial charge in [-0.05, 0) is 42.0 Å². The number of hydrogen-bond acceptors (Lipinski definition) is 4. The Kier molecular flexibility index (Phi) is 5.46. The average Bonchev–Trinajstić information content (AvgIpc) is 2.74. The molecule has 0 saturated carbocycles. The molecule has 0 amide bonds. The van der Waals surface area contributed by atoms with Gasteiger partial charge in [-0.1, -0.05) is 36.4 Å². The lowest BCUT2D eigenvalue weighted by Crippen LogP contribution is -2.36. The zero-order valence-electron chi connectivity index (χ0n) is 15.1. The molecule has 0 bridgehead atoms. The summed E-state index contributed by atoms with van der Waals surface area (Å²) in [4.78, 5) is 6.92. The number of morpholine rings is 1. The molecule has 0 atom stereocenters. The quantitative estimate of drug-likeness (QED) is 0.598. The Balaban J connectivity index is 1.42. The summed E-state index contributed by atoms with van der Waals surface area (Å²) in [5.74, 6) is 1.59. The van der Waals surface area contributed by atoms with Gasteiger partial charge in [-0.3, -0.25) is 4.99 Å². The van der Waals surface area contributed by atoms with Crippen molar-refractivity contribution in [2.24, 2.45) is 4.99 Å². The minimum atomic E-state index is 0.776. The van der Waals surface area contributed by atoms with Crippen LogP contribution in [0.15, 0.2) is 83.9 Å². The third-order valence-electron chi connectivity index (χ3n) is 4.43. The molecule has 4 rings (SSSR count). The zero-order valence-corrected chi connectivity index (χ0v) is 15.1. The van der Waals surface area contributed by atoms with Gasteiger partial charge in [-0.2, -0.15) is 0 Å². The van der Waals surface area contributed by atoms with Crippen molar-refractivity contribution >= 4 is 17.6 Å². The van der Waals surface area contributed by atoms with Crippen molar-refractivity contribution in [1.82, 2.24) is 0 Å². The lowest BCUT2D eigenvalue weighted by atomic mass is 10.2. The van der Waals surface area contributed by atoms with E-state index in [0.717, 1.165) is 49.1 Å². The summed E-state index contributed by atoms with van der Waals surface area (Å²) in [5, 5.41) is 0. The van der Waals surface area contributed by atoms with Gasteiger partial charge in [0.05, 0.1) is 18.9 Å². The van der Waals surface area contributed by atoms with Gasteiger partial charge < -0.3 is 14.4 Å². The van der Waals surface area contributed by atoms with E-state index >= 15 is 0 Å². The highest BCUT2D eigenvalue weighted by molar-refractivity contribution is 5.82. The van der Waals surface area contributed by atoms with Crippen molar-refractivity contribution in [3.63, 3.8) is 0 Å². The number of aliphatic imine (C=N–C) groups is 1. The van der Waals surface area contributed by atoms with Crippen molar-refractivity contribution < 1.29 is 9.47 Å². The van der Waals surface area contributed by atoms with Crippen LogP contribution >= 0.6 is 0 Å². The van der Waals surface area contributed by atoms with Gasteiger partial charge in [0, 0.05) is 31.1 Å². The van der Waals surface area contributed by atoms with Gasteiger partial charge in [0.25, 0.3) is 0 Å². The molecule has 1 fully saturated rings. The number of nitrogens with zero attached hydrogens (tertiary/aromatic N) is 2. The van der Waals surface area contributed by atoms with Crippen LogP contribution in [0.5, 0.6) is 11.5 Å². The maximum Gasteiger partial charge on any atom is 0.129 e. The normalized spacial score (nSPS) is 14.4. The second-order valence-electron chi connectivity index (χ2n) is 6.36. The van der Waals surface area contributed by atoms with E-state index in [1.54, 1.807) is 0 Å². The highest BCUT2D eigenvalue weighted by Gasteiger charge is 2.10. The topological polar surface area (TPSA) is 34.1 Å². The summed E-state index contributed by atoms with van der Waals surface area (Å²) in [7, 11) is 0. The van der Waals surface area contributed by atoms with Crippen LogP contribution in [0.1, 0.15) is 5.56 Å².